The molecule has 0 unspecified atom stereocenters. The van der Waals surface area contributed by atoms with Gasteiger partial charge in [-0.15, -0.1) is 10.2 Å². The van der Waals surface area contributed by atoms with Gasteiger partial charge in [-0.3, -0.25) is 10.1 Å². The highest BCUT2D eigenvalue weighted by Crippen LogP contribution is 2.25. The number of nitrogens with two attached hydrogens (primary N) is 1. The van der Waals surface area contributed by atoms with Crippen molar-refractivity contribution in [1.29, 1.82) is 0 Å². The van der Waals surface area contributed by atoms with E-state index in [9.17, 15) is 18.5 Å². The second kappa shape index (κ2) is 5.18. The maximum Gasteiger partial charge on any atom is 0.289 e. The van der Waals surface area contributed by atoms with Gasteiger partial charge in [0.1, 0.15) is 0 Å². The zero-order valence-corrected chi connectivity index (χ0v) is 10.7. The van der Waals surface area contributed by atoms with Gasteiger partial charge in [0, 0.05) is 11.8 Å². The molecule has 1 aromatic carbocycles. The fourth-order valence-corrected chi connectivity index (χ4v) is 2.58. The molecule has 12 heteroatoms. The number of rotatable bonds is 5. The van der Waals surface area contributed by atoms with E-state index in [-0.39, 0.29) is 18.1 Å². The van der Waals surface area contributed by atoms with E-state index in [4.69, 9.17) is 5.73 Å². The van der Waals surface area contributed by atoms with Crippen LogP contribution in [0.4, 0.5) is 11.4 Å². The second-order valence-corrected chi connectivity index (χ2v) is 5.37. The number of sulfonamides is 1. The molecule has 0 amide bonds. The van der Waals surface area contributed by atoms with E-state index in [2.05, 4.69) is 25.3 Å². The van der Waals surface area contributed by atoms with Gasteiger partial charge >= 0.3 is 0 Å². The standard InChI is InChI=1S/C8H9N7O4S/c9-5-1-2-6(15(16)17)7(3-5)20(18,19)10-4-8-11-13-14-12-8/h1-3,10H,4,9H2,(H,11,12,13,14). The summed E-state index contributed by atoms with van der Waals surface area (Å²) in [6.45, 7) is -0.259. The molecular formula is C8H9N7O4S. The molecule has 0 aliphatic carbocycles. The Morgan fingerprint density at radius 3 is 2.80 bits per heavy atom. The smallest absolute Gasteiger partial charge is 0.289 e. The van der Waals surface area contributed by atoms with Gasteiger partial charge in [-0.2, -0.15) is 5.21 Å². The molecule has 106 valence electrons. The average molecular weight is 299 g/mol. The van der Waals surface area contributed by atoms with Crippen molar-refractivity contribution in [3.05, 3.63) is 34.1 Å². The van der Waals surface area contributed by atoms with Crippen LogP contribution >= 0.6 is 0 Å². The first-order valence-corrected chi connectivity index (χ1v) is 6.64. The number of nitro benzene ring substituents is 1. The SMILES string of the molecule is Nc1ccc([N+](=O)[O-])c(S(=O)(=O)NCc2nn[nH]n2)c1. The summed E-state index contributed by atoms with van der Waals surface area (Å²) in [5.41, 5.74) is 4.98. The lowest BCUT2D eigenvalue weighted by molar-refractivity contribution is -0.387. The molecular weight excluding hydrogens is 290 g/mol. The van der Waals surface area contributed by atoms with Crippen LogP contribution in [0.3, 0.4) is 0 Å². The topological polar surface area (TPSA) is 170 Å². The molecule has 20 heavy (non-hydrogen) atoms. The molecule has 11 nitrogen and oxygen atoms in total. The molecule has 0 aliphatic heterocycles. The molecule has 0 fully saturated rings. The summed E-state index contributed by atoms with van der Waals surface area (Å²) < 4.78 is 26.2. The Bertz CT molecular complexity index is 727. The summed E-state index contributed by atoms with van der Waals surface area (Å²) in [4.78, 5) is 9.52. The largest absolute Gasteiger partial charge is 0.399 e. The first kappa shape index (κ1) is 13.8. The van der Waals surface area contributed by atoms with Crippen LogP contribution in [-0.4, -0.2) is 34.0 Å². The Kier molecular flexibility index (Phi) is 3.58. The predicted molar refractivity (Wildman–Crippen MR) is 65.7 cm³/mol. The van der Waals surface area contributed by atoms with Crippen molar-refractivity contribution in [2.24, 2.45) is 0 Å². The Morgan fingerprint density at radius 2 is 2.20 bits per heavy atom. The van der Waals surface area contributed by atoms with Crippen molar-refractivity contribution in [1.82, 2.24) is 25.3 Å². The molecule has 2 rings (SSSR count). The predicted octanol–water partition coefficient (Wildman–Crippen LogP) is -0.831. The van der Waals surface area contributed by atoms with Gasteiger partial charge in [0.25, 0.3) is 5.69 Å². The normalized spacial score (nSPS) is 11.4. The van der Waals surface area contributed by atoms with E-state index in [0.29, 0.717) is 0 Å². The fourth-order valence-electron chi connectivity index (χ4n) is 1.39. The van der Waals surface area contributed by atoms with Crippen molar-refractivity contribution in [2.75, 3.05) is 5.73 Å². The Balaban J connectivity index is 2.33. The third-order valence-electron chi connectivity index (χ3n) is 2.28. The lowest BCUT2D eigenvalue weighted by Crippen LogP contribution is -2.24. The summed E-state index contributed by atoms with van der Waals surface area (Å²) >= 11 is 0. The first-order valence-electron chi connectivity index (χ1n) is 5.16. The lowest BCUT2D eigenvalue weighted by atomic mass is 10.3. The number of aromatic amines is 1. The molecule has 4 N–H and O–H groups in total. The summed E-state index contributed by atoms with van der Waals surface area (Å²) in [6.07, 6.45) is 0. The van der Waals surface area contributed by atoms with Crippen molar-refractivity contribution in [3.63, 3.8) is 0 Å². The number of hydrogen-bond donors (Lipinski definition) is 3. The number of H-pyrrole nitrogens is 1. The van der Waals surface area contributed by atoms with Crippen molar-refractivity contribution < 1.29 is 13.3 Å². The number of benzene rings is 1. The average Bonchev–Trinajstić information content (AvgIpc) is 2.89. The van der Waals surface area contributed by atoms with Crippen LogP contribution in [0.25, 0.3) is 0 Å². The summed E-state index contributed by atoms with van der Waals surface area (Å²) in [5.74, 6) is 0.0973. The molecule has 2 aromatic rings. The maximum atomic E-state index is 12.0. The fraction of sp³-hybridized carbons (Fsp3) is 0.125. The molecule has 0 radical (unpaired) electrons. The number of tetrazole rings is 1. The van der Waals surface area contributed by atoms with Crippen LogP contribution in [0.5, 0.6) is 0 Å². The second-order valence-electron chi connectivity index (χ2n) is 3.64. The molecule has 0 bridgehead atoms. The lowest BCUT2D eigenvalue weighted by Gasteiger charge is -2.06. The summed E-state index contributed by atoms with van der Waals surface area (Å²) in [6, 6.07) is 3.28. The first-order chi connectivity index (χ1) is 9.40. The molecule has 1 aromatic heterocycles. The van der Waals surface area contributed by atoms with Crippen LogP contribution in [0.2, 0.25) is 0 Å². The minimum absolute atomic E-state index is 0.0931. The van der Waals surface area contributed by atoms with Crippen molar-refractivity contribution in [2.45, 2.75) is 11.4 Å². The number of hydrogen-bond acceptors (Lipinski definition) is 8. The number of nitrogens with zero attached hydrogens (tertiary/aromatic N) is 4. The zero-order valence-electron chi connectivity index (χ0n) is 9.85. The van der Waals surface area contributed by atoms with Gasteiger partial charge < -0.3 is 5.73 Å². The number of nitrogen functional groups attached to an aromatic ring is 1. The molecule has 0 atom stereocenters. The van der Waals surface area contributed by atoms with Gasteiger partial charge in [-0.1, -0.05) is 5.21 Å². The van der Waals surface area contributed by atoms with Gasteiger partial charge in [0.2, 0.25) is 10.0 Å². The van der Waals surface area contributed by atoms with Crippen LogP contribution < -0.4 is 10.5 Å². The molecule has 0 spiro atoms. The van der Waals surface area contributed by atoms with E-state index >= 15 is 0 Å². The summed E-state index contributed by atoms with van der Waals surface area (Å²) in [5, 5.41) is 23.4. The van der Waals surface area contributed by atoms with Crippen LogP contribution in [0, 0.1) is 10.1 Å². The van der Waals surface area contributed by atoms with Crippen LogP contribution in [-0.2, 0) is 16.6 Å². The Morgan fingerprint density at radius 1 is 1.45 bits per heavy atom. The minimum atomic E-state index is -4.13. The third-order valence-corrected chi connectivity index (χ3v) is 3.71. The maximum absolute atomic E-state index is 12.0. The number of aromatic nitrogens is 4. The zero-order chi connectivity index (χ0) is 14.8. The van der Waals surface area contributed by atoms with Crippen LogP contribution in [0.15, 0.2) is 23.1 Å². The van der Waals surface area contributed by atoms with Gasteiger partial charge in [0.15, 0.2) is 10.7 Å². The Labute approximate surface area is 112 Å². The minimum Gasteiger partial charge on any atom is -0.399 e. The highest BCUT2D eigenvalue weighted by molar-refractivity contribution is 7.89. The molecule has 0 saturated heterocycles. The van der Waals surface area contributed by atoms with E-state index in [1.54, 1.807) is 0 Å². The highest BCUT2D eigenvalue weighted by Gasteiger charge is 2.26. The van der Waals surface area contributed by atoms with Gasteiger partial charge in [0.05, 0.1) is 11.5 Å². The molecule has 0 aliphatic rings. The molecule has 0 saturated carbocycles. The number of nitro groups is 1. The van der Waals surface area contributed by atoms with Crippen molar-refractivity contribution in [3.8, 4) is 0 Å². The van der Waals surface area contributed by atoms with Crippen LogP contribution in [0.1, 0.15) is 5.82 Å². The van der Waals surface area contributed by atoms with E-state index in [1.165, 1.54) is 6.07 Å². The number of anilines is 1. The van der Waals surface area contributed by atoms with E-state index < -0.39 is 25.5 Å². The quantitative estimate of drug-likeness (QED) is 0.364. The van der Waals surface area contributed by atoms with Crippen molar-refractivity contribution >= 4 is 21.4 Å². The number of nitrogens with one attached hydrogen (secondary N) is 2. The van der Waals surface area contributed by atoms with Gasteiger partial charge in [-0.05, 0) is 12.1 Å². The highest BCUT2D eigenvalue weighted by atomic mass is 32.2. The molecule has 1 heterocycles. The van der Waals surface area contributed by atoms with E-state index in [1.807, 2.05) is 0 Å². The summed E-state index contributed by atoms with van der Waals surface area (Å²) in [7, 11) is -4.13. The van der Waals surface area contributed by atoms with E-state index in [0.717, 1.165) is 12.1 Å². The van der Waals surface area contributed by atoms with Gasteiger partial charge in [-0.25, -0.2) is 13.1 Å². The Hall–Kier alpha value is -2.60. The monoisotopic (exact) mass is 299 g/mol. The third kappa shape index (κ3) is 2.86.